The molecule has 20 heavy (non-hydrogen) atoms. The number of hydrogen-bond donors (Lipinski definition) is 1. The second-order valence-corrected chi connectivity index (χ2v) is 7.84. The van der Waals surface area contributed by atoms with Gasteiger partial charge in [0.15, 0.2) is 10.8 Å². The van der Waals surface area contributed by atoms with Crippen molar-refractivity contribution >= 4 is 21.5 Å². The summed E-state index contributed by atoms with van der Waals surface area (Å²) in [6, 6.07) is 5.31. The third kappa shape index (κ3) is 1.97. The molecule has 2 aromatic rings. The van der Waals surface area contributed by atoms with Gasteiger partial charge in [-0.25, -0.2) is 13.4 Å². The van der Waals surface area contributed by atoms with Gasteiger partial charge in [-0.15, -0.1) is 0 Å². The first-order valence-electron chi connectivity index (χ1n) is 6.54. The molecule has 0 atom stereocenters. The fraction of sp³-hybridized carbons (Fsp3) is 0.462. The number of sulfonamides is 1. The molecule has 3 heterocycles. The molecule has 1 fully saturated rings. The van der Waals surface area contributed by atoms with Crippen molar-refractivity contribution in [3.8, 4) is 0 Å². The van der Waals surface area contributed by atoms with Gasteiger partial charge in [0.1, 0.15) is 5.65 Å². The van der Waals surface area contributed by atoms with E-state index in [-0.39, 0.29) is 16.3 Å². The van der Waals surface area contributed by atoms with E-state index in [1.165, 1.54) is 8.71 Å². The van der Waals surface area contributed by atoms with Gasteiger partial charge in [-0.1, -0.05) is 19.9 Å². The van der Waals surface area contributed by atoms with E-state index in [2.05, 4.69) is 18.8 Å². The molecule has 0 bridgehead atoms. The minimum absolute atomic E-state index is 0.00231. The van der Waals surface area contributed by atoms with Gasteiger partial charge in [0.2, 0.25) is 0 Å². The van der Waals surface area contributed by atoms with Gasteiger partial charge >= 0.3 is 0 Å². The lowest BCUT2D eigenvalue weighted by Gasteiger charge is -2.19. The molecule has 0 spiro atoms. The number of imidazole rings is 1. The van der Waals surface area contributed by atoms with Crippen molar-refractivity contribution in [3.05, 3.63) is 24.4 Å². The average molecular weight is 294 g/mol. The second-order valence-electron chi connectivity index (χ2n) is 5.98. The molecule has 0 saturated carbocycles. The summed E-state index contributed by atoms with van der Waals surface area (Å²) >= 11 is 0. The van der Waals surface area contributed by atoms with E-state index in [1.54, 1.807) is 24.4 Å². The first-order valence-corrected chi connectivity index (χ1v) is 7.98. The van der Waals surface area contributed by atoms with Gasteiger partial charge in [-0.2, -0.15) is 4.31 Å². The fourth-order valence-electron chi connectivity index (χ4n) is 2.64. The number of nitrogens with two attached hydrogens (primary N) is 1. The molecular weight excluding hydrogens is 276 g/mol. The molecule has 1 saturated heterocycles. The molecule has 0 aromatic carbocycles. The van der Waals surface area contributed by atoms with E-state index in [0.29, 0.717) is 18.7 Å². The third-order valence-electron chi connectivity index (χ3n) is 3.74. The molecule has 0 unspecified atom stereocenters. The zero-order chi connectivity index (χ0) is 14.5. The van der Waals surface area contributed by atoms with Gasteiger partial charge in [0.25, 0.3) is 10.0 Å². The second kappa shape index (κ2) is 4.20. The molecule has 1 aliphatic rings. The molecule has 0 radical (unpaired) electrons. The topological polar surface area (TPSA) is 80.7 Å². The van der Waals surface area contributed by atoms with Crippen LogP contribution in [0.5, 0.6) is 0 Å². The average Bonchev–Trinajstić information content (AvgIpc) is 2.88. The summed E-state index contributed by atoms with van der Waals surface area (Å²) in [6.07, 6.45) is 2.52. The van der Waals surface area contributed by atoms with Crippen LogP contribution in [0.2, 0.25) is 0 Å². The minimum atomic E-state index is -3.61. The van der Waals surface area contributed by atoms with Crippen LogP contribution >= 0.6 is 0 Å². The summed E-state index contributed by atoms with van der Waals surface area (Å²) in [7, 11) is -3.61. The SMILES string of the molecule is CC1(C)CCN(S(=O)(=O)c2c(N)nc3ccccn23)C1. The lowest BCUT2D eigenvalue weighted by atomic mass is 9.93. The first-order chi connectivity index (χ1) is 9.31. The number of nitrogen functional groups attached to an aromatic ring is 1. The van der Waals surface area contributed by atoms with E-state index >= 15 is 0 Å². The molecule has 0 amide bonds. The Kier molecular flexibility index (Phi) is 2.81. The molecule has 2 N–H and O–H groups in total. The van der Waals surface area contributed by atoms with Crippen LogP contribution in [0.1, 0.15) is 20.3 Å². The van der Waals surface area contributed by atoms with Crippen LogP contribution in [0, 0.1) is 5.41 Å². The number of rotatable bonds is 2. The molecule has 1 aliphatic heterocycles. The van der Waals surface area contributed by atoms with Crippen LogP contribution in [0.4, 0.5) is 5.82 Å². The van der Waals surface area contributed by atoms with Crippen LogP contribution in [-0.2, 0) is 10.0 Å². The Bertz CT molecular complexity index is 764. The number of fused-ring (bicyclic) bond motifs is 1. The summed E-state index contributed by atoms with van der Waals surface area (Å²) in [5.41, 5.74) is 6.38. The maximum Gasteiger partial charge on any atom is 0.262 e. The minimum Gasteiger partial charge on any atom is -0.381 e. The lowest BCUT2D eigenvalue weighted by Crippen LogP contribution is -2.31. The quantitative estimate of drug-likeness (QED) is 0.906. The van der Waals surface area contributed by atoms with E-state index in [9.17, 15) is 8.42 Å². The van der Waals surface area contributed by atoms with E-state index in [1.807, 2.05) is 0 Å². The number of nitrogens with zero attached hydrogens (tertiary/aromatic N) is 3. The Labute approximate surface area is 118 Å². The smallest absolute Gasteiger partial charge is 0.262 e. The van der Waals surface area contributed by atoms with E-state index < -0.39 is 10.0 Å². The Morgan fingerprint density at radius 2 is 2.10 bits per heavy atom. The third-order valence-corrected chi connectivity index (χ3v) is 5.62. The summed E-state index contributed by atoms with van der Waals surface area (Å²) < 4.78 is 28.6. The predicted molar refractivity (Wildman–Crippen MR) is 76.8 cm³/mol. The molecule has 7 heteroatoms. The van der Waals surface area contributed by atoms with Gasteiger partial charge in [-0.3, -0.25) is 4.40 Å². The monoisotopic (exact) mass is 294 g/mol. The summed E-state index contributed by atoms with van der Waals surface area (Å²) in [5.74, 6) is 0.0564. The Morgan fingerprint density at radius 1 is 1.35 bits per heavy atom. The highest BCUT2D eigenvalue weighted by molar-refractivity contribution is 7.89. The predicted octanol–water partition coefficient (Wildman–Crippen LogP) is 1.34. The molecule has 6 nitrogen and oxygen atoms in total. The van der Waals surface area contributed by atoms with Crippen LogP contribution in [0.15, 0.2) is 29.4 Å². The summed E-state index contributed by atoms with van der Waals surface area (Å²) in [5, 5.41) is 0.0748. The zero-order valence-corrected chi connectivity index (χ0v) is 12.4. The highest BCUT2D eigenvalue weighted by Gasteiger charge is 2.39. The highest BCUT2D eigenvalue weighted by Crippen LogP contribution is 2.34. The van der Waals surface area contributed by atoms with Gasteiger partial charge < -0.3 is 5.73 Å². The maximum absolute atomic E-state index is 12.8. The van der Waals surface area contributed by atoms with Crippen LogP contribution in [-0.4, -0.2) is 35.2 Å². The largest absolute Gasteiger partial charge is 0.381 e. The molecular formula is C13H18N4O2S. The number of hydrogen-bond acceptors (Lipinski definition) is 4. The molecule has 108 valence electrons. The van der Waals surface area contributed by atoms with Crippen molar-refractivity contribution in [2.45, 2.75) is 25.3 Å². The summed E-state index contributed by atoms with van der Waals surface area (Å²) in [6.45, 7) is 5.17. The standard InChI is InChI=1S/C13H18N4O2S/c1-13(2)6-8-16(9-13)20(18,19)12-11(14)15-10-5-3-4-7-17(10)12/h3-5,7H,6,8-9,14H2,1-2H3. The Morgan fingerprint density at radius 3 is 2.75 bits per heavy atom. The van der Waals surface area contributed by atoms with Crippen molar-refractivity contribution in [3.63, 3.8) is 0 Å². The number of anilines is 1. The maximum atomic E-state index is 12.8. The van der Waals surface area contributed by atoms with E-state index in [0.717, 1.165) is 6.42 Å². The molecule has 2 aromatic heterocycles. The fourth-order valence-corrected chi connectivity index (χ4v) is 4.45. The highest BCUT2D eigenvalue weighted by atomic mass is 32.2. The lowest BCUT2D eigenvalue weighted by molar-refractivity contribution is 0.375. The Hall–Kier alpha value is -1.60. The van der Waals surface area contributed by atoms with Crippen molar-refractivity contribution in [2.75, 3.05) is 18.8 Å². The normalized spacial score (nSPS) is 19.7. The van der Waals surface area contributed by atoms with Crippen LogP contribution < -0.4 is 5.73 Å². The van der Waals surface area contributed by atoms with Crippen molar-refractivity contribution in [1.29, 1.82) is 0 Å². The van der Waals surface area contributed by atoms with E-state index in [4.69, 9.17) is 5.73 Å². The van der Waals surface area contributed by atoms with Crippen molar-refractivity contribution in [1.82, 2.24) is 13.7 Å². The van der Waals surface area contributed by atoms with Crippen molar-refractivity contribution in [2.24, 2.45) is 5.41 Å². The van der Waals surface area contributed by atoms with Crippen LogP contribution in [0.3, 0.4) is 0 Å². The van der Waals surface area contributed by atoms with Gasteiger partial charge in [-0.05, 0) is 24.0 Å². The van der Waals surface area contributed by atoms with Crippen molar-refractivity contribution < 1.29 is 8.42 Å². The van der Waals surface area contributed by atoms with Gasteiger partial charge in [0.05, 0.1) is 0 Å². The number of aromatic nitrogens is 2. The number of pyridine rings is 1. The first kappa shape index (κ1) is 13.4. The summed E-state index contributed by atoms with van der Waals surface area (Å²) in [4.78, 5) is 4.12. The zero-order valence-electron chi connectivity index (χ0n) is 11.6. The molecule has 3 rings (SSSR count). The molecule has 0 aliphatic carbocycles. The Balaban J connectivity index is 2.13. The van der Waals surface area contributed by atoms with Gasteiger partial charge in [0, 0.05) is 19.3 Å². The van der Waals surface area contributed by atoms with Crippen LogP contribution in [0.25, 0.3) is 5.65 Å².